The van der Waals surface area contributed by atoms with Crippen LogP contribution in [-0.2, 0) is 6.61 Å². The molecule has 1 atom stereocenters. The van der Waals surface area contributed by atoms with Crippen molar-refractivity contribution in [3.63, 3.8) is 0 Å². The molecule has 0 bridgehead atoms. The molecule has 0 saturated heterocycles. The summed E-state index contributed by atoms with van der Waals surface area (Å²) in [5.41, 5.74) is 1.72. The number of hydrogen-bond donors (Lipinski definition) is 0. The average Bonchev–Trinajstić information content (AvgIpc) is 3.22. The molecular weight excluding hydrogens is 526 g/mol. The van der Waals surface area contributed by atoms with Crippen LogP contribution < -0.4 is 9.47 Å². The van der Waals surface area contributed by atoms with E-state index in [0.717, 1.165) is 11.8 Å². The van der Waals surface area contributed by atoms with Crippen LogP contribution in [0.4, 0.5) is 8.78 Å². The Morgan fingerprint density at radius 2 is 1.86 bits per heavy atom. The standard InChI is InChI=1S/C25H21ClF2N4O4S/c1-15-29-30-25(32(15)20-8-6-18(27)7-9-20)37-23(13-31(33)34)17-11-21(26)24(22(12-17)35-2)36-14-16-4-3-5-19(28)10-16/h3-12,23H,13-14H2,1-2H3/t23-/m0/s1. The number of aryl methyl sites for hydroxylation is 1. The first-order valence-electron chi connectivity index (χ1n) is 11.0. The van der Waals surface area contributed by atoms with Crippen LogP contribution in [0.1, 0.15) is 22.2 Å². The SMILES string of the molecule is COc1cc([C@H](C[N+](=O)[O-])Sc2nnc(C)n2-c2ccc(F)cc2)cc(Cl)c1OCc1cccc(F)c1. The Hall–Kier alpha value is -3.70. The molecule has 3 aromatic carbocycles. The van der Waals surface area contributed by atoms with E-state index in [9.17, 15) is 18.9 Å². The van der Waals surface area contributed by atoms with Gasteiger partial charge in [0.25, 0.3) is 0 Å². The summed E-state index contributed by atoms with van der Waals surface area (Å²) >= 11 is 7.63. The Kier molecular flexibility index (Phi) is 8.24. The smallest absolute Gasteiger partial charge is 0.220 e. The molecule has 0 aliphatic heterocycles. The van der Waals surface area contributed by atoms with Crippen LogP contribution in [0.25, 0.3) is 5.69 Å². The summed E-state index contributed by atoms with van der Waals surface area (Å²) in [6, 6.07) is 14.9. The summed E-state index contributed by atoms with van der Waals surface area (Å²) < 4.78 is 39.9. The first-order valence-corrected chi connectivity index (χ1v) is 12.2. The third-order valence-corrected chi connectivity index (χ3v) is 6.80. The van der Waals surface area contributed by atoms with Crippen molar-refractivity contribution in [3.05, 3.63) is 104 Å². The molecule has 0 N–H and O–H groups in total. The van der Waals surface area contributed by atoms with Crippen LogP contribution in [0.5, 0.6) is 11.5 Å². The molecule has 37 heavy (non-hydrogen) atoms. The van der Waals surface area contributed by atoms with E-state index in [0.29, 0.717) is 27.8 Å². The van der Waals surface area contributed by atoms with E-state index >= 15 is 0 Å². The second-order valence-electron chi connectivity index (χ2n) is 7.92. The van der Waals surface area contributed by atoms with Gasteiger partial charge in [0.1, 0.15) is 29.3 Å². The first-order chi connectivity index (χ1) is 17.7. The monoisotopic (exact) mass is 546 g/mol. The number of methoxy groups -OCH3 is 1. The van der Waals surface area contributed by atoms with Gasteiger partial charge in [0.2, 0.25) is 6.54 Å². The Bertz CT molecular complexity index is 1420. The number of hydrogen-bond acceptors (Lipinski definition) is 7. The fourth-order valence-corrected chi connectivity index (χ4v) is 5.06. The lowest BCUT2D eigenvalue weighted by molar-refractivity contribution is -0.479. The molecule has 1 heterocycles. The van der Waals surface area contributed by atoms with Gasteiger partial charge in [-0.1, -0.05) is 35.5 Å². The van der Waals surface area contributed by atoms with Crippen molar-refractivity contribution >= 4 is 23.4 Å². The Labute approximate surface area is 220 Å². The van der Waals surface area contributed by atoms with Gasteiger partial charge in [-0.05, 0) is 66.6 Å². The summed E-state index contributed by atoms with van der Waals surface area (Å²) in [4.78, 5) is 11.1. The van der Waals surface area contributed by atoms with Crippen LogP contribution >= 0.6 is 23.4 Å². The highest BCUT2D eigenvalue weighted by Gasteiger charge is 2.26. The van der Waals surface area contributed by atoms with Crippen LogP contribution in [-0.4, -0.2) is 33.3 Å². The van der Waals surface area contributed by atoms with Crippen molar-refractivity contribution in [1.82, 2.24) is 14.8 Å². The zero-order chi connectivity index (χ0) is 26.5. The largest absolute Gasteiger partial charge is 0.493 e. The van der Waals surface area contributed by atoms with E-state index in [2.05, 4.69) is 10.2 Å². The highest BCUT2D eigenvalue weighted by Crippen LogP contribution is 2.43. The maximum absolute atomic E-state index is 13.5. The number of aromatic nitrogens is 3. The number of nitrogens with zero attached hydrogens (tertiary/aromatic N) is 4. The maximum atomic E-state index is 13.5. The average molecular weight is 547 g/mol. The topological polar surface area (TPSA) is 92.3 Å². The van der Waals surface area contributed by atoms with Gasteiger partial charge in [-0.2, -0.15) is 0 Å². The molecule has 0 saturated carbocycles. The first kappa shape index (κ1) is 26.4. The van der Waals surface area contributed by atoms with Crippen molar-refractivity contribution in [1.29, 1.82) is 0 Å². The number of rotatable bonds is 10. The van der Waals surface area contributed by atoms with Crippen molar-refractivity contribution in [2.45, 2.75) is 23.9 Å². The Morgan fingerprint density at radius 3 is 2.54 bits per heavy atom. The molecule has 192 valence electrons. The number of nitro groups is 1. The molecule has 0 fully saturated rings. The third-order valence-electron chi connectivity index (χ3n) is 5.34. The van der Waals surface area contributed by atoms with Gasteiger partial charge in [-0.3, -0.25) is 14.7 Å². The number of halogens is 3. The minimum Gasteiger partial charge on any atom is -0.493 e. The minimum atomic E-state index is -0.721. The van der Waals surface area contributed by atoms with E-state index < -0.39 is 28.4 Å². The molecule has 4 aromatic rings. The molecule has 4 rings (SSSR count). The predicted molar refractivity (Wildman–Crippen MR) is 135 cm³/mol. The van der Waals surface area contributed by atoms with Crippen LogP contribution in [0, 0.1) is 28.7 Å². The van der Waals surface area contributed by atoms with Gasteiger partial charge in [0.15, 0.2) is 16.7 Å². The molecule has 0 aliphatic carbocycles. The van der Waals surface area contributed by atoms with E-state index in [1.807, 2.05) is 0 Å². The van der Waals surface area contributed by atoms with Gasteiger partial charge in [0.05, 0.1) is 12.1 Å². The fourth-order valence-electron chi connectivity index (χ4n) is 3.63. The summed E-state index contributed by atoms with van der Waals surface area (Å²) in [6.45, 7) is 1.33. The predicted octanol–water partition coefficient (Wildman–Crippen LogP) is 6.21. The van der Waals surface area contributed by atoms with Gasteiger partial charge in [-0.15, -0.1) is 10.2 Å². The molecule has 12 heteroatoms. The molecule has 0 aliphatic rings. The van der Waals surface area contributed by atoms with Crippen LogP contribution in [0.3, 0.4) is 0 Å². The molecular formula is C25H21ClF2N4O4S. The number of thioether (sulfide) groups is 1. The molecule has 0 amide bonds. The van der Waals surface area contributed by atoms with E-state index in [4.69, 9.17) is 21.1 Å². The lowest BCUT2D eigenvalue weighted by atomic mass is 10.1. The van der Waals surface area contributed by atoms with E-state index in [1.165, 1.54) is 31.4 Å². The van der Waals surface area contributed by atoms with Gasteiger partial charge in [-0.25, -0.2) is 8.78 Å². The van der Waals surface area contributed by atoms with E-state index in [-0.39, 0.29) is 23.1 Å². The molecule has 8 nitrogen and oxygen atoms in total. The van der Waals surface area contributed by atoms with E-state index in [1.54, 1.807) is 47.9 Å². The molecule has 0 spiro atoms. The summed E-state index contributed by atoms with van der Waals surface area (Å²) in [5.74, 6) is 0.247. The zero-order valence-electron chi connectivity index (χ0n) is 19.7. The second kappa shape index (κ2) is 11.6. The lowest BCUT2D eigenvalue weighted by Gasteiger charge is -2.18. The number of benzene rings is 3. The van der Waals surface area contributed by atoms with Crippen molar-refractivity contribution < 1.29 is 23.2 Å². The Balaban J connectivity index is 1.65. The summed E-state index contributed by atoms with van der Waals surface area (Å²) in [7, 11) is 1.43. The molecule has 0 unspecified atom stereocenters. The minimum absolute atomic E-state index is 0.0420. The van der Waals surface area contributed by atoms with Gasteiger partial charge >= 0.3 is 0 Å². The lowest BCUT2D eigenvalue weighted by Crippen LogP contribution is -2.12. The maximum Gasteiger partial charge on any atom is 0.220 e. The second-order valence-corrected chi connectivity index (χ2v) is 9.49. The van der Waals surface area contributed by atoms with Crippen molar-refractivity contribution in [2.24, 2.45) is 0 Å². The van der Waals surface area contributed by atoms with Crippen molar-refractivity contribution in [2.75, 3.05) is 13.7 Å². The molecule has 1 aromatic heterocycles. The third kappa shape index (κ3) is 6.36. The Morgan fingerprint density at radius 1 is 1.11 bits per heavy atom. The quantitative estimate of drug-likeness (QED) is 0.133. The van der Waals surface area contributed by atoms with Gasteiger partial charge < -0.3 is 9.47 Å². The van der Waals surface area contributed by atoms with Crippen LogP contribution in [0.2, 0.25) is 5.02 Å². The number of ether oxygens (including phenoxy) is 2. The highest BCUT2D eigenvalue weighted by molar-refractivity contribution is 7.99. The van der Waals surface area contributed by atoms with Crippen molar-refractivity contribution in [3.8, 4) is 17.2 Å². The fraction of sp³-hybridized carbons (Fsp3) is 0.200. The summed E-state index contributed by atoms with van der Waals surface area (Å²) in [5, 5.41) is 19.7. The van der Waals surface area contributed by atoms with Crippen LogP contribution in [0.15, 0.2) is 65.8 Å². The normalized spacial score (nSPS) is 11.8. The zero-order valence-corrected chi connectivity index (χ0v) is 21.3. The molecule has 0 radical (unpaired) electrons. The highest BCUT2D eigenvalue weighted by atomic mass is 35.5. The van der Waals surface area contributed by atoms with Gasteiger partial charge in [0, 0.05) is 10.6 Å². The summed E-state index contributed by atoms with van der Waals surface area (Å²) in [6.07, 6.45) is 0.